The molecule has 1 unspecified atom stereocenters. The average Bonchev–Trinajstić information content (AvgIpc) is 3.06. The molecule has 0 aromatic carbocycles. The number of carboxylic acids is 1. The van der Waals surface area contributed by atoms with E-state index in [1.165, 1.54) is 17.5 Å². The molecule has 2 aromatic heterocycles. The summed E-state index contributed by atoms with van der Waals surface area (Å²) in [6.07, 6.45) is 1.19. The van der Waals surface area contributed by atoms with Gasteiger partial charge in [0.15, 0.2) is 11.1 Å². The van der Waals surface area contributed by atoms with Crippen molar-refractivity contribution in [3.05, 3.63) is 34.4 Å². The second-order valence-electron chi connectivity index (χ2n) is 4.70. The van der Waals surface area contributed by atoms with E-state index < -0.39 is 22.0 Å². The van der Waals surface area contributed by atoms with E-state index in [9.17, 15) is 18.3 Å². The molecule has 2 aromatic rings. The number of carboxylic acid groups (broad SMARTS) is 1. The fraction of sp³-hybridized carbons (Fsp3) is 0.333. The number of hydrogen-bond donors (Lipinski definition) is 3. The highest BCUT2D eigenvalue weighted by Crippen LogP contribution is 2.22. The van der Waals surface area contributed by atoms with Crippen LogP contribution in [0.15, 0.2) is 28.7 Å². The number of carbonyl (C=O) groups is 1. The van der Waals surface area contributed by atoms with Crippen molar-refractivity contribution in [1.29, 1.82) is 0 Å². The highest BCUT2D eigenvalue weighted by atomic mass is 32.2. The maximum atomic E-state index is 12.2. The summed E-state index contributed by atoms with van der Waals surface area (Å²) in [5.74, 6) is -0.690. The Morgan fingerprint density at radius 3 is 2.67 bits per heavy atom. The third kappa shape index (κ3) is 3.49. The molecule has 0 saturated heterocycles. The number of hydrogen-bond acceptors (Lipinski definition) is 5. The van der Waals surface area contributed by atoms with Gasteiger partial charge in [-0.1, -0.05) is 19.9 Å². The molecular formula is C12H15N3O4S2. The van der Waals surface area contributed by atoms with Gasteiger partial charge in [0.1, 0.15) is 5.82 Å². The maximum Gasteiger partial charge on any atom is 0.327 e. The third-order valence-electron chi connectivity index (χ3n) is 2.76. The van der Waals surface area contributed by atoms with E-state index in [4.69, 9.17) is 0 Å². The van der Waals surface area contributed by atoms with Crippen LogP contribution in [0.1, 0.15) is 36.5 Å². The highest BCUT2D eigenvalue weighted by molar-refractivity contribution is 7.89. The molecule has 0 aliphatic heterocycles. The number of aromatic nitrogens is 2. The Bertz CT molecular complexity index is 720. The van der Waals surface area contributed by atoms with Crippen LogP contribution in [0.5, 0.6) is 0 Å². The van der Waals surface area contributed by atoms with E-state index >= 15 is 0 Å². The number of nitrogens with zero attached hydrogens (tertiary/aromatic N) is 1. The molecule has 0 amide bonds. The Kier molecular flexibility index (Phi) is 4.45. The number of aromatic amines is 1. The van der Waals surface area contributed by atoms with Gasteiger partial charge in [0.05, 0.1) is 6.20 Å². The van der Waals surface area contributed by atoms with Crippen molar-refractivity contribution in [2.45, 2.75) is 30.8 Å². The Morgan fingerprint density at radius 1 is 1.48 bits per heavy atom. The molecule has 0 fully saturated rings. The minimum atomic E-state index is -3.99. The van der Waals surface area contributed by atoms with Gasteiger partial charge in [-0.05, 0) is 11.4 Å². The van der Waals surface area contributed by atoms with Crippen LogP contribution in [-0.4, -0.2) is 29.5 Å². The van der Waals surface area contributed by atoms with Crippen molar-refractivity contribution in [1.82, 2.24) is 14.7 Å². The lowest BCUT2D eigenvalue weighted by Crippen LogP contribution is -2.33. The van der Waals surface area contributed by atoms with Crippen molar-refractivity contribution < 1.29 is 18.3 Å². The molecule has 0 spiro atoms. The molecule has 0 radical (unpaired) electrons. The van der Waals surface area contributed by atoms with Crippen LogP contribution < -0.4 is 4.72 Å². The lowest BCUT2D eigenvalue weighted by molar-refractivity contribution is -0.139. The van der Waals surface area contributed by atoms with Gasteiger partial charge in [0.2, 0.25) is 0 Å². The summed E-state index contributed by atoms with van der Waals surface area (Å²) < 4.78 is 26.6. The Balaban J connectivity index is 2.28. The second-order valence-corrected chi connectivity index (χ2v) is 7.36. The molecule has 9 heteroatoms. The number of sulfonamides is 1. The van der Waals surface area contributed by atoms with Gasteiger partial charge in [0.25, 0.3) is 10.0 Å². The molecule has 0 aliphatic rings. The van der Waals surface area contributed by atoms with Crippen molar-refractivity contribution >= 4 is 27.3 Å². The zero-order chi connectivity index (χ0) is 15.6. The summed E-state index contributed by atoms with van der Waals surface area (Å²) in [5, 5.41) is 10.7. The zero-order valence-corrected chi connectivity index (χ0v) is 13.0. The van der Waals surface area contributed by atoms with E-state index in [0.29, 0.717) is 10.7 Å². The van der Waals surface area contributed by atoms with Gasteiger partial charge in [-0.25, -0.2) is 13.4 Å². The number of nitrogens with one attached hydrogen (secondary N) is 2. The predicted molar refractivity (Wildman–Crippen MR) is 77.7 cm³/mol. The quantitative estimate of drug-likeness (QED) is 0.746. The molecule has 1 atom stereocenters. The van der Waals surface area contributed by atoms with Crippen molar-refractivity contribution in [3.63, 3.8) is 0 Å². The van der Waals surface area contributed by atoms with E-state index in [1.54, 1.807) is 17.5 Å². The molecule has 3 N–H and O–H groups in total. The van der Waals surface area contributed by atoms with Gasteiger partial charge in [-0.3, -0.25) is 4.79 Å². The Morgan fingerprint density at radius 2 is 2.19 bits per heavy atom. The Labute approximate surface area is 126 Å². The van der Waals surface area contributed by atoms with Gasteiger partial charge < -0.3 is 10.1 Å². The van der Waals surface area contributed by atoms with Gasteiger partial charge in [-0.15, -0.1) is 11.3 Å². The largest absolute Gasteiger partial charge is 0.480 e. The number of rotatable bonds is 6. The molecule has 0 saturated carbocycles. The summed E-state index contributed by atoms with van der Waals surface area (Å²) in [4.78, 5) is 18.4. The van der Waals surface area contributed by atoms with Crippen molar-refractivity contribution in [2.24, 2.45) is 0 Å². The van der Waals surface area contributed by atoms with Crippen LogP contribution in [0.4, 0.5) is 0 Å². The molecule has 2 heterocycles. The second kappa shape index (κ2) is 5.96. The summed E-state index contributed by atoms with van der Waals surface area (Å²) in [6.45, 7) is 3.74. The van der Waals surface area contributed by atoms with Crippen LogP contribution in [0.25, 0.3) is 0 Å². The summed E-state index contributed by atoms with van der Waals surface area (Å²) in [5.41, 5.74) is 0. The number of H-pyrrole nitrogens is 1. The van der Waals surface area contributed by atoms with Crippen molar-refractivity contribution in [2.75, 3.05) is 0 Å². The molecule has 7 nitrogen and oxygen atoms in total. The summed E-state index contributed by atoms with van der Waals surface area (Å²) >= 11 is 1.17. The van der Waals surface area contributed by atoms with Gasteiger partial charge in [-0.2, -0.15) is 4.72 Å². The zero-order valence-electron chi connectivity index (χ0n) is 11.4. The van der Waals surface area contributed by atoms with E-state index in [-0.39, 0.29) is 10.9 Å². The number of thiophene rings is 1. The normalized spacial score (nSPS) is 13.5. The first-order chi connectivity index (χ1) is 9.81. The average molecular weight is 329 g/mol. The van der Waals surface area contributed by atoms with Crippen LogP contribution in [0, 0.1) is 0 Å². The fourth-order valence-corrected chi connectivity index (χ4v) is 3.59. The molecule has 114 valence electrons. The molecule has 0 aliphatic carbocycles. The van der Waals surface area contributed by atoms with Crippen molar-refractivity contribution in [3.8, 4) is 0 Å². The molecule has 2 rings (SSSR count). The Hall–Kier alpha value is -1.71. The molecule has 0 bridgehead atoms. The topological polar surface area (TPSA) is 112 Å². The minimum absolute atomic E-state index is 0.0431. The standard InChI is InChI=1S/C12H15N3O4S2/c1-7(2)11-13-6-9(14-11)21(18,19)15-10(12(16)17)8-4-3-5-20-8/h3-7,10,15H,1-2H3,(H,13,14)(H,16,17). The molecule has 21 heavy (non-hydrogen) atoms. The van der Waals surface area contributed by atoms with Crippen LogP contribution >= 0.6 is 11.3 Å². The SMILES string of the molecule is CC(C)c1ncc(S(=O)(=O)NC(C(=O)O)c2cccs2)[nH]1. The monoisotopic (exact) mass is 329 g/mol. The van der Waals surface area contributed by atoms with Crippen LogP contribution in [0.2, 0.25) is 0 Å². The smallest absolute Gasteiger partial charge is 0.327 e. The predicted octanol–water partition coefficient (Wildman–Crippen LogP) is 1.70. The first kappa shape index (κ1) is 15.7. The first-order valence-corrected chi connectivity index (χ1v) is 8.51. The first-order valence-electron chi connectivity index (χ1n) is 6.14. The fourth-order valence-electron chi connectivity index (χ4n) is 1.65. The summed E-state index contributed by atoms with van der Waals surface area (Å²) in [6, 6.07) is 1.91. The van der Waals surface area contributed by atoms with Crippen LogP contribution in [0.3, 0.4) is 0 Å². The lowest BCUT2D eigenvalue weighted by atomic mass is 10.2. The maximum absolute atomic E-state index is 12.2. The third-order valence-corrected chi connectivity index (χ3v) is 5.03. The molecular weight excluding hydrogens is 314 g/mol. The number of aliphatic carboxylic acids is 1. The van der Waals surface area contributed by atoms with Gasteiger partial charge >= 0.3 is 5.97 Å². The lowest BCUT2D eigenvalue weighted by Gasteiger charge is -2.12. The van der Waals surface area contributed by atoms with E-state index in [1.807, 2.05) is 13.8 Å². The highest BCUT2D eigenvalue weighted by Gasteiger charge is 2.29. The minimum Gasteiger partial charge on any atom is -0.480 e. The summed E-state index contributed by atoms with van der Waals surface area (Å²) in [7, 11) is -3.99. The van der Waals surface area contributed by atoms with Gasteiger partial charge in [0, 0.05) is 10.8 Å². The van der Waals surface area contributed by atoms with E-state index in [2.05, 4.69) is 14.7 Å². The van der Waals surface area contributed by atoms with E-state index in [0.717, 1.165) is 0 Å². The number of imidazole rings is 1. The van der Waals surface area contributed by atoms with Crippen LogP contribution in [-0.2, 0) is 14.8 Å².